The Bertz CT molecular complexity index is 644. The number of likely N-dealkylation sites (N-methyl/N-ethyl adjacent to an activating group) is 1. The quantitative estimate of drug-likeness (QED) is 0.790. The van der Waals surface area contributed by atoms with Crippen LogP contribution in [-0.4, -0.2) is 40.6 Å². The third kappa shape index (κ3) is 4.87. The number of ether oxygens (including phenoxy) is 1. The van der Waals surface area contributed by atoms with E-state index in [0.717, 1.165) is 5.56 Å². The normalized spacial score (nSPS) is 13.5. The molecule has 1 aromatic heterocycles. The van der Waals surface area contributed by atoms with Crippen LogP contribution in [0.15, 0.2) is 34.9 Å². The van der Waals surface area contributed by atoms with Gasteiger partial charge in [0.05, 0.1) is 12.6 Å². The lowest BCUT2D eigenvalue weighted by Gasteiger charge is -2.19. The molecule has 2 N–H and O–H groups in total. The summed E-state index contributed by atoms with van der Waals surface area (Å²) in [5.41, 5.74) is 7.04. The van der Waals surface area contributed by atoms with E-state index in [2.05, 4.69) is 10.1 Å². The number of nitrogens with zero attached hydrogens (tertiary/aromatic N) is 3. The van der Waals surface area contributed by atoms with Gasteiger partial charge in [0.25, 0.3) is 0 Å². The van der Waals surface area contributed by atoms with E-state index in [-0.39, 0.29) is 18.6 Å². The summed E-state index contributed by atoms with van der Waals surface area (Å²) >= 11 is 0. The minimum Gasteiger partial charge on any atom is -0.371 e. The van der Waals surface area contributed by atoms with E-state index in [0.29, 0.717) is 24.7 Å². The molecule has 0 radical (unpaired) electrons. The average Bonchev–Trinajstić information content (AvgIpc) is 3.03. The second kappa shape index (κ2) is 8.56. The highest BCUT2D eigenvalue weighted by Crippen LogP contribution is 2.13. The van der Waals surface area contributed by atoms with Gasteiger partial charge in [-0.1, -0.05) is 35.5 Å². The maximum Gasteiger partial charge on any atom is 0.246 e. The molecular formula is C17H24N4O3. The van der Waals surface area contributed by atoms with Crippen LogP contribution >= 0.6 is 0 Å². The number of carbonyl (C=O) groups is 1. The highest BCUT2D eigenvalue weighted by molar-refractivity contribution is 5.81. The number of benzene rings is 1. The summed E-state index contributed by atoms with van der Waals surface area (Å²) in [7, 11) is 1.67. The summed E-state index contributed by atoms with van der Waals surface area (Å²) in [6.07, 6.45) is 0.245. The van der Waals surface area contributed by atoms with Gasteiger partial charge < -0.3 is 19.9 Å². The van der Waals surface area contributed by atoms with Crippen molar-refractivity contribution in [1.82, 2.24) is 15.0 Å². The molecule has 2 aromatic rings. The highest BCUT2D eigenvalue weighted by Gasteiger charge is 2.21. The monoisotopic (exact) mass is 332 g/mol. The molecule has 24 heavy (non-hydrogen) atoms. The summed E-state index contributed by atoms with van der Waals surface area (Å²) in [4.78, 5) is 18.1. The van der Waals surface area contributed by atoms with Gasteiger partial charge in [0, 0.05) is 13.7 Å². The molecule has 0 bridgehead atoms. The zero-order valence-corrected chi connectivity index (χ0v) is 14.3. The number of nitrogens with two attached hydrogens (primary N) is 1. The van der Waals surface area contributed by atoms with Gasteiger partial charge in [0.15, 0.2) is 5.82 Å². The summed E-state index contributed by atoms with van der Waals surface area (Å²) < 4.78 is 10.6. The molecule has 0 spiro atoms. The van der Waals surface area contributed by atoms with Crippen LogP contribution < -0.4 is 5.73 Å². The lowest BCUT2D eigenvalue weighted by atomic mass is 10.1. The molecule has 0 fully saturated rings. The van der Waals surface area contributed by atoms with E-state index in [1.54, 1.807) is 7.05 Å². The van der Waals surface area contributed by atoms with Crippen LogP contribution in [0.3, 0.4) is 0 Å². The molecule has 130 valence electrons. The second-order valence-electron chi connectivity index (χ2n) is 5.63. The van der Waals surface area contributed by atoms with Crippen molar-refractivity contribution in [2.45, 2.75) is 39.0 Å². The van der Waals surface area contributed by atoms with Crippen LogP contribution in [0.1, 0.15) is 37.2 Å². The Balaban J connectivity index is 1.91. The largest absolute Gasteiger partial charge is 0.371 e. The van der Waals surface area contributed by atoms with Gasteiger partial charge in [-0.15, -0.1) is 0 Å². The number of rotatable bonds is 8. The fourth-order valence-electron chi connectivity index (χ4n) is 2.34. The molecule has 2 atom stereocenters. The molecule has 0 aliphatic rings. The van der Waals surface area contributed by atoms with Gasteiger partial charge >= 0.3 is 0 Å². The van der Waals surface area contributed by atoms with Crippen molar-refractivity contribution in [2.24, 2.45) is 5.73 Å². The van der Waals surface area contributed by atoms with Crippen LogP contribution in [0.4, 0.5) is 0 Å². The number of hydrogen-bond acceptors (Lipinski definition) is 6. The standard InChI is InChI=1S/C17H24N4O3/c1-4-23-12(2)16-19-15(24-20-16)11-21(3)17(22)14(18)10-13-8-6-5-7-9-13/h5-9,12,14H,4,10-11,18H2,1-3H3/t12?,14-/m0/s1. The lowest BCUT2D eigenvalue weighted by Crippen LogP contribution is -2.42. The molecule has 0 saturated carbocycles. The van der Waals surface area contributed by atoms with Crippen LogP contribution in [0.2, 0.25) is 0 Å². The summed E-state index contributed by atoms with van der Waals surface area (Å²) in [6.45, 7) is 4.53. The predicted octanol–water partition coefficient (Wildman–Crippen LogP) is 1.70. The first kappa shape index (κ1) is 18.1. The fraction of sp³-hybridized carbons (Fsp3) is 0.471. The highest BCUT2D eigenvalue weighted by atomic mass is 16.5. The van der Waals surface area contributed by atoms with Gasteiger partial charge in [0.2, 0.25) is 11.8 Å². The summed E-state index contributed by atoms with van der Waals surface area (Å²) in [5, 5.41) is 3.88. The third-order valence-electron chi connectivity index (χ3n) is 3.63. The molecule has 1 aromatic carbocycles. The number of aromatic nitrogens is 2. The predicted molar refractivity (Wildman–Crippen MR) is 88.9 cm³/mol. The molecule has 1 heterocycles. The zero-order chi connectivity index (χ0) is 17.5. The van der Waals surface area contributed by atoms with Gasteiger partial charge in [-0.05, 0) is 25.8 Å². The van der Waals surface area contributed by atoms with Crippen molar-refractivity contribution in [2.75, 3.05) is 13.7 Å². The van der Waals surface area contributed by atoms with Crippen LogP contribution in [0.5, 0.6) is 0 Å². The first-order valence-corrected chi connectivity index (χ1v) is 7.99. The van der Waals surface area contributed by atoms with E-state index < -0.39 is 6.04 Å². The van der Waals surface area contributed by atoms with Crippen molar-refractivity contribution >= 4 is 5.91 Å². The number of amides is 1. The van der Waals surface area contributed by atoms with Crippen LogP contribution in [-0.2, 0) is 22.5 Å². The van der Waals surface area contributed by atoms with Gasteiger partial charge in [-0.25, -0.2) is 0 Å². The second-order valence-corrected chi connectivity index (χ2v) is 5.63. The van der Waals surface area contributed by atoms with Crippen molar-refractivity contribution in [1.29, 1.82) is 0 Å². The Morgan fingerprint density at radius 2 is 2.08 bits per heavy atom. The van der Waals surface area contributed by atoms with E-state index in [1.165, 1.54) is 4.90 Å². The maximum absolute atomic E-state index is 12.4. The molecule has 0 aliphatic carbocycles. The Morgan fingerprint density at radius 3 is 2.75 bits per heavy atom. The first-order valence-electron chi connectivity index (χ1n) is 7.99. The number of hydrogen-bond donors (Lipinski definition) is 1. The molecule has 0 aliphatic heterocycles. The minimum atomic E-state index is -0.609. The molecule has 2 rings (SSSR count). The van der Waals surface area contributed by atoms with Crippen molar-refractivity contribution in [3.8, 4) is 0 Å². The smallest absolute Gasteiger partial charge is 0.246 e. The number of carbonyl (C=O) groups excluding carboxylic acids is 1. The SMILES string of the molecule is CCOC(C)c1noc(CN(C)C(=O)[C@@H](N)Cc2ccccc2)n1. The molecule has 7 heteroatoms. The van der Waals surface area contributed by atoms with Gasteiger partial charge in [-0.2, -0.15) is 4.98 Å². The Morgan fingerprint density at radius 1 is 1.38 bits per heavy atom. The first-order chi connectivity index (χ1) is 11.5. The van der Waals surface area contributed by atoms with Crippen molar-refractivity contribution in [3.05, 3.63) is 47.6 Å². The molecule has 0 saturated heterocycles. The van der Waals surface area contributed by atoms with Crippen LogP contribution in [0, 0.1) is 0 Å². The Labute approximate surface area is 141 Å². The van der Waals surface area contributed by atoms with E-state index in [4.69, 9.17) is 15.0 Å². The third-order valence-corrected chi connectivity index (χ3v) is 3.63. The Kier molecular flexibility index (Phi) is 6.45. The van der Waals surface area contributed by atoms with Crippen LogP contribution in [0.25, 0.3) is 0 Å². The topological polar surface area (TPSA) is 94.5 Å². The summed E-state index contributed by atoms with van der Waals surface area (Å²) in [6, 6.07) is 9.08. The molecule has 1 amide bonds. The average molecular weight is 332 g/mol. The zero-order valence-electron chi connectivity index (χ0n) is 14.3. The molecule has 1 unspecified atom stereocenters. The molecule has 7 nitrogen and oxygen atoms in total. The summed E-state index contributed by atoms with van der Waals surface area (Å²) in [5.74, 6) is 0.664. The van der Waals surface area contributed by atoms with E-state index in [9.17, 15) is 4.79 Å². The van der Waals surface area contributed by atoms with Gasteiger partial charge in [-0.3, -0.25) is 4.79 Å². The minimum absolute atomic E-state index is 0.170. The van der Waals surface area contributed by atoms with Gasteiger partial charge in [0.1, 0.15) is 6.10 Å². The Hall–Kier alpha value is -2.25. The van der Waals surface area contributed by atoms with E-state index >= 15 is 0 Å². The fourth-order valence-corrected chi connectivity index (χ4v) is 2.34. The molecular weight excluding hydrogens is 308 g/mol. The van der Waals surface area contributed by atoms with E-state index in [1.807, 2.05) is 44.2 Å². The van der Waals surface area contributed by atoms with Crippen molar-refractivity contribution in [3.63, 3.8) is 0 Å². The maximum atomic E-state index is 12.4. The van der Waals surface area contributed by atoms with Crippen molar-refractivity contribution < 1.29 is 14.1 Å². The lowest BCUT2D eigenvalue weighted by molar-refractivity contribution is -0.132.